The van der Waals surface area contributed by atoms with Crippen LogP contribution in [-0.4, -0.2) is 56.8 Å². The zero-order chi connectivity index (χ0) is 16.5. The molecule has 3 aromatic rings. The molecule has 0 spiro atoms. The molecule has 1 saturated heterocycles. The summed E-state index contributed by atoms with van der Waals surface area (Å²) in [6.07, 6.45) is 1.82. The minimum absolute atomic E-state index is 0.122. The van der Waals surface area contributed by atoms with Crippen LogP contribution >= 0.6 is 0 Å². The Labute approximate surface area is 140 Å². The van der Waals surface area contributed by atoms with Crippen molar-refractivity contribution in [3.8, 4) is 0 Å². The second kappa shape index (κ2) is 6.13. The molecule has 6 nitrogen and oxygen atoms in total. The van der Waals surface area contributed by atoms with Gasteiger partial charge in [0.2, 0.25) is 0 Å². The number of benzene rings is 1. The van der Waals surface area contributed by atoms with Gasteiger partial charge in [-0.05, 0) is 25.1 Å². The molecule has 124 valence electrons. The van der Waals surface area contributed by atoms with Crippen LogP contribution < -0.4 is 0 Å². The first kappa shape index (κ1) is 15.0. The van der Waals surface area contributed by atoms with Crippen molar-refractivity contribution >= 4 is 16.9 Å². The van der Waals surface area contributed by atoms with Gasteiger partial charge in [-0.15, -0.1) is 0 Å². The van der Waals surface area contributed by atoms with E-state index in [2.05, 4.69) is 19.9 Å². The summed E-state index contributed by atoms with van der Waals surface area (Å²) >= 11 is 0. The van der Waals surface area contributed by atoms with Gasteiger partial charge in [-0.3, -0.25) is 9.69 Å². The molecule has 4 rings (SSSR count). The number of hydrogen-bond donors (Lipinski definition) is 2. The molecule has 1 aliphatic rings. The summed E-state index contributed by atoms with van der Waals surface area (Å²) in [6, 6.07) is 9.93. The molecule has 3 heterocycles. The molecule has 1 amide bonds. The van der Waals surface area contributed by atoms with Crippen molar-refractivity contribution < 1.29 is 4.79 Å². The second-order valence-corrected chi connectivity index (χ2v) is 6.29. The topological polar surface area (TPSA) is 68.0 Å². The summed E-state index contributed by atoms with van der Waals surface area (Å²) in [4.78, 5) is 27.9. The number of aromatic nitrogens is 3. The van der Waals surface area contributed by atoms with Crippen molar-refractivity contribution in [3.63, 3.8) is 0 Å². The zero-order valence-corrected chi connectivity index (χ0v) is 13.7. The number of imidazole rings is 1. The van der Waals surface area contributed by atoms with E-state index in [0.717, 1.165) is 60.8 Å². The molecule has 24 heavy (non-hydrogen) atoms. The third kappa shape index (κ3) is 2.80. The van der Waals surface area contributed by atoms with Crippen LogP contribution in [-0.2, 0) is 6.54 Å². The smallest absolute Gasteiger partial charge is 0.255 e. The summed E-state index contributed by atoms with van der Waals surface area (Å²) in [6.45, 7) is 5.97. The highest BCUT2D eigenvalue weighted by Crippen LogP contribution is 2.15. The summed E-state index contributed by atoms with van der Waals surface area (Å²) in [7, 11) is 0. The predicted molar refractivity (Wildman–Crippen MR) is 92.8 cm³/mol. The number of piperazine rings is 1. The van der Waals surface area contributed by atoms with Crippen molar-refractivity contribution in [1.82, 2.24) is 24.8 Å². The lowest BCUT2D eigenvalue weighted by molar-refractivity contribution is 0.0625. The van der Waals surface area contributed by atoms with Gasteiger partial charge in [0.15, 0.2) is 0 Å². The Balaban J connectivity index is 1.37. The van der Waals surface area contributed by atoms with Gasteiger partial charge in [0, 0.05) is 38.1 Å². The van der Waals surface area contributed by atoms with E-state index >= 15 is 0 Å². The van der Waals surface area contributed by atoms with Gasteiger partial charge < -0.3 is 14.9 Å². The van der Waals surface area contributed by atoms with E-state index in [4.69, 9.17) is 0 Å². The number of amides is 1. The number of para-hydroxylation sites is 2. The molecule has 0 aliphatic carbocycles. The van der Waals surface area contributed by atoms with Crippen molar-refractivity contribution in [2.45, 2.75) is 13.5 Å². The number of hydrogen-bond acceptors (Lipinski definition) is 3. The molecule has 0 saturated carbocycles. The van der Waals surface area contributed by atoms with E-state index in [9.17, 15) is 4.79 Å². The van der Waals surface area contributed by atoms with Crippen molar-refractivity contribution in [1.29, 1.82) is 0 Å². The van der Waals surface area contributed by atoms with Gasteiger partial charge in [0.1, 0.15) is 5.82 Å². The molecule has 1 aromatic carbocycles. The van der Waals surface area contributed by atoms with Gasteiger partial charge in [-0.1, -0.05) is 12.1 Å². The number of nitrogens with one attached hydrogen (secondary N) is 2. The van der Waals surface area contributed by atoms with Crippen LogP contribution in [0.1, 0.15) is 21.9 Å². The number of carbonyl (C=O) groups excluding carboxylic acids is 1. The van der Waals surface area contributed by atoms with Gasteiger partial charge in [-0.2, -0.15) is 0 Å². The fourth-order valence-corrected chi connectivity index (χ4v) is 3.26. The fourth-order valence-electron chi connectivity index (χ4n) is 3.26. The van der Waals surface area contributed by atoms with Crippen LogP contribution in [0.3, 0.4) is 0 Å². The summed E-state index contributed by atoms with van der Waals surface area (Å²) in [5.74, 6) is 1.11. The normalized spacial score (nSPS) is 16.0. The molecule has 2 N–H and O–H groups in total. The van der Waals surface area contributed by atoms with E-state index in [1.54, 1.807) is 0 Å². The average molecular weight is 323 g/mol. The maximum absolute atomic E-state index is 12.5. The predicted octanol–water partition coefficient (Wildman–Crippen LogP) is 2.16. The van der Waals surface area contributed by atoms with E-state index in [-0.39, 0.29) is 5.91 Å². The Morgan fingerprint density at radius 2 is 1.96 bits per heavy atom. The molecular weight excluding hydrogens is 302 g/mol. The van der Waals surface area contributed by atoms with Crippen LogP contribution in [0.25, 0.3) is 11.0 Å². The van der Waals surface area contributed by atoms with Gasteiger partial charge in [0.05, 0.1) is 23.1 Å². The molecule has 1 fully saturated rings. The number of rotatable bonds is 3. The molecule has 0 atom stereocenters. The Hall–Kier alpha value is -2.60. The number of H-pyrrole nitrogens is 2. The zero-order valence-electron chi connectivity index (χ0n) is 13.7. The Bertz CT molecular complexity index is 824. The van der Waals surface area contributed by atoms with Crippen LogP contribution in [0.2, 0.25) is 0 Å². The van der Waals surface area contributed by atoms with Crippen molar-refractivity contribution in [2.24, 2.45) is 0 Å². The summed E-state index contributed by atoms with van der Waals surface area (Å²) in [5, 5.41) is 0. The molecule has 1 aliphatic heterocycles. The standard InChI is InChI=1S/C18H21N5O/c1-13-14(6-7-19-13)18(24)23-10-8-22(9-11-23)12-17-20-15-4-2-3-5-16(15)21-17/h2-7,19H,8-12H2,1H3,(H,20,21). The molecule has 0 unspecified atom stereocenters. The van der Waals surface area contributed by atoms with E-state index in [1.807, 2.05) is 48.4 Å². The fraction of sp³-hybridized carbons (Fsp3) is 0.333. The SMILES string of the molecule is Cc1[nH]ccc1C(=O)N1CCN(Cc2nc3ccccc3[nH]2)CC1. The first-order chi connectivity index (χ1) is 11.7. The third-order valence-corrected chi connectivity index (χ3v) is 4.66. The monoisotopic (exact) mass is 323 g/mol. The second-order valence-electron chi connectivity index (χ2n) is 6.29. The maximum atomic E-state index is 12.5. The first-order valence-electron chi connectivity index (χ1n) is 8.30. The Morgan fingerprint density at radius 1 is 1.17 bits per heavy atom. The average Bonchev–Trinajstić information content (AvgIpc) is 3.20. The van der Waals surface area contributed by atoms with Crippen LogP contribution in [0.5, 0.6) is 0 Å². The van der Waals surface area contributed by atoms with Gasteiger partial charge >= 0.3 is 0 Å². The number of nitrogens with zero attached hydrogens (tertiary/aromatic N) is 3. The van der Waals surface area contributed by atoms with E-state index in [0.29, 0.717) is 0 Å². The van der Waals surface area contributed by atoms with E-state index < -0.39 is 0 Å². The van der Waals surface area contributed by atoms with E-state index in [1.165, 1.54) is 0 Å². The Morgan fingerprint density at radius 3 is 2.67 bits per heavy atom. The molecule has 0 bridgehead atoms. The molecular formula is C18H21N5O. The molecule has 0 radical (unpaired) electrons. The minimum Gasteiger partial charge on any atom is -0.365 e. The van der Waals surface area contributed by atoms with Gasteiger partial charge in [-0.25, -0.2) is 4.98 Å². The minimum atomic E-state index is 0.122. The molecule has 2 aromatic heterocycles. The molecule has 6 heteroatoms. The lowest BCUT2D eigenvalue weighted by Gasteiger charge is -2.34. The highest BCUT2D eigenvalue weighted by molar-refractivity contribution is 5.95. The lowest BCUT2D eigenvalue weighted by atomic mass is 10.2. The Kier molecular flexibility index (Phi) is 3.82. The van der Waals surface area contributed by atoms with Crippen molar-refractivity contribution in [3.05, 3.63) is 53.6 Å². The van der Waals surface area contributed by atoms with Crippen molar-refractivity contribution in [2.75, 3.05) is 26.2 Å². The first-order valence-corrected chi connectivity index (χ1v) is 8.30. The van der Waals surface area contributed by atoms with Crippen LogP contribution in [0.15, 0.2) is 36.5 Å². The van der Waals surface area contributed by atoms with Crippen LogP contribution in [0.4, 0.5) is 0 Å². The summed E-state index contributed by atoms with van der Waals surface area (Å²) < 4.78 is 0. The highest BCUT2D eigenvalue weighted by Gasteiger charge is 2.23. The van der Waals surface area contributed by atoms with Gasteiger partial charge in [0.25, 0.3) is 5.91 Å². The third-order valence-electron chi connectivity index (χ3n) is 4.66. The lowest BCUT2D eigenvalue weighted by Crippen LogP contribution is -2.48. The quantitative estimate of drug-likeness (QED) is 0.776. The largest absolute Gasteiger partial charge is 0.365 e. The number of carbonyl (C=O) groups is 1. The number of aromatic amines is 2. The number of fused-ring (bicyclic) bond motifs is 1. The number of aryl methyl sites for hydroxylation is 1. The maximum Gasteiger partial charge on any atom is 0.255 e. The van der Waals surface area contributed by atoms with Crippen LogP contribution in [0, 0.1) is 6.92 Å². The summed E-state index contributed by atoms with van der Waals surface area (Å²) in [5.41, 5.74) is 3.79. The highest BCUT2D eigenvalue weighted by atomic mass is 16.2.